The van der Waals surface area contributed by atoms with Gasteiger partial charge in [0.2, 0.25) is 0 Å². The van der Waals surface area contributed by atoms with Gasteiger partial charge in [-0.3, -0.25) is 0 Å². The van der Waals surface area contributed by atoms with Crippen molar-refractivity contribution in [2.75, 3.05) is 20.8 Å². The van der Waals surface area contributed by atoms with E-state index < -0.39 is 6.10 Å². The number of benzene rings is 3. The molecule has 0 saturated carbocycles. The number of aliphatic hydroxyl groups excluding tert-OH is 1. The lowest BCUT2D eigenvalue weighted by Gasteiger charge is -2.32. The average molecular weight is 468 g/mol. The number of fused-ring (bicyclic) bond motifs is 1. The molecule has 1 aliphatic carbocycles. The van der Waals surface area contributed by atoms with E-state index >= 15 is 0 Å². The molecule has 0 saturated heterocycles. The van der Waals surface area contributed by atoms with Gasteiger partial charge < -0.3 is 19.9 Å². The molecule has 0 spiro atoms. The predicted molar refractivity (Wildman–Crippen MR) is 136 cm³/mol. The molecule has 0 amide bonds. The van der Waals surface area contributed by atoms with Crippen LogP contribution in [0.3, 0.4) is 0 Å². The van der Waals surface area contributed by atoms with Gasteiger partial charge in [0.05, 0.1) is 20.3 Å². The third-order valence-corrected chi connectivity index (χ3v) is 6.57. The van der Waals surface area contributed by atoms with Crippen LogP contribution in [-0.4, -0.2) is 38.0 Å². The maximum absolute atomic E-state index is 10.8. The van der Waals surface area contributed by atoms with E-state index in [9.17, 15) is 5.11 Å². The molecular weight excluding hydrogens is 434 g/mol. The zero-order valence-electron chi connectivity index (χ0n) is 19.4. The summed E-state index contributed by atoms with van der Waals surface area (Å²) in [6.07, 6.45) is 2.95. The second-order valence-electron chi connectivity index (χ2n) is 8.48. The standard InChI is InChI=1S/C28H33NO3.ClH/c1-31-27-15-16-28(32-2)24-19-26(30)25(18-23(24)27)29-17-9-14-22(20-10-5-3-6-11-20)21-12-7-4-8-13-21;/h3-8,10-13,15-16,22,25-26,29-30H,9,14,17-19H2,1-2H3;1H/t25-,26-;/m0./s1. The smallest absolute Gasteiger partial charge is 0.122 e. The van der Waals surface area contributed by atoms with Gasteiger partial charge in [-0.1, -0.05) is 60.7 Å². The van der Waals surface area contributed by atoms with Crippen LogP contribution in [0.4, 0.5) is 0 Å². The number of hydrogen-bond donors (Lipinski definition) is 2. The minimum absolute atomic E-state index is 0. The highest BCUT2D eigenvalue weighted by Gasteiger charge is 2.30. The van der Waals surface area contributed by atoms with E-state index in [2.05, 4.69) is 66.0 Å². The van der Waals surface area contributed by atoms with Crippen molar-refractivity contribution in [2.45, 2.75) is 43.7 Å². The average Bonchev–Trinajstić information content (AvgIpc) is 2.84. The van der Waals surface area contributed by atoms with Gasteiger partial charge in [0.1, 0.15) is 11.5 Å². The summed E-state index contributed by atoms with van der Waals surface area (Å²) >= 11 is 0. The molecule has 176 valence electrons. The van der Waals surface area contributed by atoms with Crippen molar-refractivity contribution in [3.63, 3.8) is 0 Å². The van der Waals surface area contributed by atoms with Crippen LogP contribution < -0.4 is 14.8 Å². The summed E-state index contributed by atoms with van der Waals surface area (Å²) in [6.45, 7) is 0.861. The topological polar surface area (TPSA) is 50.7 Å². The Morgan fingerprint density at radius 3 is 1.85 bits per heavy atom. The molecule has 0 unspecified atom stereocenters. The van der Waals surface area contributed by atoms with Crippen LogP contribution in [0.1, 0.15) is 41.0 Å². The van der Waals surface area contributed by atoms with Gasteiger partial charge in [-0.15, -0.1) is 12.4 Å². The Balaban J connectivity index is 0.00000306. The molecule has 0 aromatic heterocycles. The van der Waals surface area contributed by atoms with Gasteiger partial charge in [0.15, 0.2) is 0 Å². The second-order valence-corrected chi connectivity index (χ2v) is 8.48. The van der Waals surface area contributed by atoms with Crippen molar-refractivity contribution in [1.82, 2.24) is 5.32 Å². The summed E-state index contributed by atoms with van der Waals surface area (Å²) in [4.78, 5) is 0. The highest BCUT2D eigenvalue weighted by molar-refractivity contribution is 5.85. The molecule has 4 nitrogen and oxygen atoms in total. The second kappa shape index (κ2) is 12.1. The van der Waals surface area contributed by atoms with Gasteiger partial charge in [-0.2, -0.15) is 0 Å². The number of aliphatic hydroxyl groups is 1. The van der Waals surface area contributed by atoms with Gasteiger partial charge >= 0.3 is 0 Å². The Morgan fingerprint density at radius 2 is 1.33 bits per heavy atom. The van der Waals surface area contributed by atoms with Crippen LogP contribution in [-0.2, 0) is 12.8 Å². The van der Waals surface area contributed by atoms with E-state index in [4.69, 9.17) is 9.47 Å². The quantitative estimate of drug-likeness (QED) is 0.427. The molecular formula is C28H34ClNO3. The number of nitrogens with one attached hydrogen (secondary N) is 1. The predicted octanol–water partition coefficient (Wildman–Crippen LogP) is 5.16. The van der Waals surface area contributed by atoms with E-state index in [1.54, 1.807) is 14.2 Å². The zero-order chi connectivity index (χ0) is 22.3. The minimum Gasteiger partial charge on any atom is -0.496 e. The van der Waals surface area contributed by atoms with Gasteiger partial charge in [-0.25, -0.2) is 0 Å². The van der Waals surface area contributed by atoms with Crippen LogP contribution in [0.15, 0.2) is 72.8 Å². The van der Waals surface area contributed by atoms with E-state index in [0.29, 0.717) is 12.3 Å². The number of halogens is 1. The number of ether oxygens (including phenoxy) is 2. The summed E-state index contributed by atoms with van der Waals surface area (Å²) in [7, 11) is 3.37. The highest BCUT2D eigenvalue weighted by atomic mass is 35.5. The molecule has 2 atom stereocenters. The SMILES string of the molecule is COc1ccc(OC)c2c1C[C@H](NCCCC(c1ccccc1)c1ccccc1)[C@@H](O)C2.Cl. The monoisotopic (exact) mass is 467 g/mol. The molecule has 0 heterocycles. The minimum atomic E-state index is -0.442. The summed E-state index contributed by atoms with van der Waals surface area (Å²) in [5.41, 5.74) is 4.90. The largest absolute Gasteiger partial charge is 0.496 e. The van der Waals surface area contributed by atoms with Crippen LogP contribution in [0.5, 0.6) is 11.5 Å². The highest BCUT2D eigenvalue weighted by Crippen LogP contribution is 2.36. The van der Waals surface area contributed by atoms with E-state index in [-0.39, 0.29) is 18.4 Å². The molecule has 33 heavy (non-hydrogen) atoms. The van der Waals surface area contributed by atoms with E-state index in [1.807, 2.05) is 12.1 Å². The number of hydrogen-bond acceptors (Lipinski definition) is 4. The maximum atomic E-state index is 10.8. The van der Waals surface area contributed by atoms with Crippen molar-refractivity contribution in [1.29, 1.82) is 0 Å². The van der Waals surface area contributed by atoms with Gasteiger partial charge in [0, 0.05) is 29.5 Å². The molecule has 5 heteroatoms. The van der Waals surface area contributed by atoms with Crippen molar-refractivity contribution in [3.05, 3.63) is 95.1 Å². The number of methoxy groups -OCH3 is 2. The molecule has 3 aromatic carbocycles. The maximum Gasteiger partial charge on any atom is 0.122 e. The van der Waals surface area contributed by atoms with Crippen molar-refractivity contribution in [3.8, 4) is 11.5 Å². The van der Waals surface area contributed by atoms with Crippen molar-refractivity contribution < 1.29 is 14.6 Å². The summed E-state index contributed by atoms with van der Waals surface area (Å²) in [5, 5.41) is 14.4. The summed E-state index contributed by atoms with van der Waals surface area (Å²) in [5.74, 6) is 2.07. The van der Waals surface area contributed by atoms with Crippen LogP contribution in [0.25, 0.3) is 0 Å². The first-order valence-electron chi connectivity index (χ1n) is 11.4. The lowest BCUT2D eigenvalue weighted by Crippen LogP contribution is -2.46. The summed E-state index contributed by atoms with van der Waals surface area (Å²) in [6, 6.07) is 25.3. The fourth-order valence-electron chi connectivity index (χ4n) is 4.89. The molecule has 0 aliphatic heterocycles. The van der Waals surface area contributed by atoms with Crippen LogP contribution >= 0.6 is 12.4 Å². The fraction of sp³-hybridized carbons (Fsp3) is 0.357. The Hall–Kier alpha value is -2.53. The Labute approximate surface area is 203 Å². The number of rotatable bonds is 9. The lowest BCUT2D eigenvalue weighted by atomic mass is 9.84. The third-order valence-electron chi connectivity index (χ3n) is 6.57. The lowest BCUT2D eigenvalue weighted by molar-refractivity contribution is 0.117. The Bertz CT molecular complexity index is 957. The third kappa shape index (κ3) is 5.89. The van der Waals surface area contributed by atoms with Crippen LogP contribution in [0, 0.1) is 0 Å². The van der Waals surface area contributed by atoms with Gasteiger partial charge in [-0.05, 0) is 49.1 Å². The Kier molecular flexibility index (Phi) is 9.19. The first kappa shape index (κ1) is 25.1. The first-order valence-corrected chi connectivity index (χ1v) is 11.4. The Morgan fingerprint density at radius 1 is 0.818 bits per heavy atom. The molecule has 0 bridgehead atoms. The van der Waals surface area contributed by atoms with E-state index in [1.165, 1.54) is 11.1 Å². The van der Waals surface area contributed by atoms with Crippen molar-refractivity contribution in [2.24, 2.45) is 0 Å². The van der Waals surface area contributed by atoms with Crippen LogP contribution in [0.2, 0.25) is 0 Å². The first-order chi connectivity index (χ1) is 15.7. The zero-order valence-corrected chi connectivity index (χ0v) is 20.2. The molecule has 0 radical (unpaired) electrons. The molecule has 0 fully saturated rings. The van der Waals surface area contributed by atoms with Gasteiger partial charge in [0.25, 0.3) is 0 Å². The fourth-order valence-corrected chi connectivity index (χ4v) is 4.89. The molecule has 4 rings (SSSR count). The normalized spacial score (nSPS) is 17.2. The summed E-state index contributed by atoms with van der Waals surface area (Å²) < 4.78 is 11.1. The van der Waals surface area contributed by atoms with E-state index in [0.717, 1.165) is 48.4 Å². The molecule has 2 N–H and O–H groups in total. The van der Waals surface area contributed by atoms with Crippen molar-refractivity contribution >= 4 is 12.4 Å². The molecule has 3 aromatic rings. The molecule has 1 aliphatic rings.